The summed E-state index contributed by atoms with van der Waals surface area (Å²) in [5.74, 6) is 0. The Kier molecular flexibility index (Phi) is 3.76. The molecule has 0 unspecified atom stereocenters. The van der Waals surface area contributed by atoms with Crippen molar-refractivity contribution in [1.29, 1.82) is 0 Å². The number of hydrogen-bond donors (Lipinski definition) is 0. The third-order valence-corrected chi connectivity index (χ3v) is 3.00. The number of para-hydroxylation sites is 1. The van der Waals surface area contributed by atoms with Gasteiger partial charge in [-0.2, -0.15) is 0 Å². The molecule has 1 aromatic carbocycles. The van der Waals surface area contributed by atoms with Crippen molar-refractivity contribution in [3.05, 3.63) is 48.8 Å². The molecule has 0 aliphatic heterocycles. The maximum Gasteiger partial charge on any atom is 0.0445 e. The molecule has 88 valence electrons. The SMILES string of the molecule is CCN(CC)c1ccccc1-c1ccncc1. The molecule has 17 heavy (non-hydrogen) atoms. The minimum absolute atomic E-state index is 1.03. The smallest absolute Gasteiger partial charge is 0.0445 e. The van der Waals surface area contributed by atoms with Gasteiger partial charge in [0.25, 0.3) is 0 Å². The van der Waals surface area contributed by atoms with Crippen molar-refractivity contribution in [2.45, 2.75) is 13.8 Å². The zero-order valence-electron chi connectivity index (χ0n) is 10.4. The minimum Gasteiger partial charge on any atom is -0.372 e. The molecule has 0 aliphatic rings. The van der Waals surface area contributed by atoms with Gasteiger partial charge in [-0.3, -0.25) is 4.98 Å². The predicted molar refractivity (Wildman–Crippen MR) is 73.2 cm³/mol. The Bertz CT molecular complexity index is 461. The first-order chi connectivity index (χ1) is 8.36. The van der Waals surface area contributed by atoms with Gasteiger partial charge in [-0.1, -0.05) is 18.2 Å². The summed E-state index contributed by atoms with van der Waals surface area (Å²) in [6, 6.07) is 12.7. The van der Waals surface area contributed by atoms with Crippen molar-refractivity contribution in [3.63, 3.8) is 0 Å². The number of nitrogens with zero attached hydrogens (tertiary/aromatic N) is 2. The van der Waals surface area contributed by atoms with Crippen LogP contribution < -0.4 is 4.90 Å². The van der Waals surface area contributed by atoms with E-state index in [0.717, 1.165) is 13.1 Å². The molecule has 0 bridgehead atoms. The van der Waals surface area contributed by atoms with Crippen LogP contribution in [0.4, 0.5) is 5.69 Å². The predicted octanol–water partition coefficient (Wildman–Crippen LogP) is 3.59. The zero-order valence-corrected chi connectivity index (χ0v) is 10.4. The lowest BCUT2D eigenvalue weighted by atomic mass is 10.0. The lowest BCUT2D eigenvalue weighted by Crippen LogP contribution is -2.22. The third kappa shape index (κ3) is 2.47. The van der Waals surface area contributed by atoms with Crippen molar-refractivity contribution in [3.8, 4) is 11.1 Å². The average molecular weight is 226 g/mol. The van der Waals surface area contributed by atoms with Gasteiger partial charge in [0.1, 0.15) is 0 Å². The van der Waals surface area contributed by atoms with Crippen molar-refractivity contribution in [2.75, 3.05) is 18.0 Å². The molecule has 2 heteroatoms. The summed E-state index contributed by atoms with van der Waals surface area (Å²) in [5.41, 5.74) is 3.80. The Morgan fingerprint density at radius 2 is 1.59 bits per heavy atom. The highest BCUT2D eigenvalue weighted by Gasteiger charge is 2.08. The van der Waals surface area contributed by atoms with Gasteiger partial charge in [0.2, 0.25) is 0 Å². The molecule has 2 aromatic rings. The lowest BCUT2D eigenvalue weighted by molar-refractivity contribution is 0.867. The highest BCUT2D eigenvalue weighted by molar-refractivity contribution is 5.78. The molecule has 2 rings (SSSR count). The quantitative estimate of drug-likeness (QED) is 0.792. The highest BCUT2D eigenvalue weighted by atomic mass is 15.1. The molecule has 1 heterocycles. The molecule has 0 saturated heterocycles. The lowest BCUT2D eigenvalue weighted by Gasteiger charge is -2.24. The van der Waals surface area contributed by atoms with Crippen LogP contribution in [-0.4, -0.2) is 18.1 Å². The number of rotatable bonds is 4. The molecular weight excluding hydrogens is 208 g/mol. The molecule has 0 fully saturated rings. The summed E-state index contributed by atoms with van der Waals surface area (Å²) in [7, 11) is 0. The van der Waals surface area contributed by atoms with Crippen LogP contribution >= 0.6 is 0 Å². The molecule has 2 nitrogen and oxygen atoms in total. The normalized spacial score (nSPS) is 10.2. The maximum atomic E-state index is 4.07. The number of hydrogen-bond acceptors (Lipinski definition) is 2. The topological polar surface area (TPSA) is 16.1 Å². The number of pyridine rings is 1. The van der Waals surface area contributed by atoms with Gasteiger partial charge < -0.3 is 4.90 Å². The van der Waals surface area contributed by atoms with E-state index in [0.29, 0.717) is 0 Å². The molecule has 0 atom stereocenters. The number of aromatic nitrogens is 1. The summed E-state index contributed by atoms with van der Waals surface area (Å²) < 4.78 is 0. The average Bonchev–Trinajstić information content (AvgIpc) is 2.42. The van der Waals surface area contributed by atoms with E-state index in [9.17, 15) is 0 Å². The monoisotopic (exact) mass is 226 g/mol. The largest absolute Gasteiger partial charge is 0.372 e. The van der Waals surface area contributed by atoms with E-state index < -0.39 is 0 Å². The zero-order chi connectivity index (χ0) is 12.1. The molecule has 0 aliphatic carbocycles. The van der Waals surface area contributed by atoms with Gasteiger partial charge in [-0.05, 0) is 37.6 Å². The molecule has 0 radical (unpaired) electrons. The second-order valence-electron chi connectivity index (χ2n) is 3.93. The Balaban J connectivity index is 2.48. The first-order valence-corrected chi connectivity index (χ1v) is 6.11. The summed E-state index contributed by atoms with van der Waals surface area (Å²) in [4.78, 5) is 6.44. The van der Waals surface area contributed by atoms with Crippen molar-refractivity contribution >= 4 is 5.69 Å². The fraction of sp³-hybridized carbons (Fsp3) is 0.267. The summed E-state index contributed by atoms with van der Waals surface area (Å²) in [5, 5.41) is 0. The van der Waals surface area contributed by atoms with Crippen LogP contribution in [0, 0.1) is 0 Å². The second-order valence-corrected chi connectivity index (χ2v) is 3.93. The fourth-order valence-electron chi connectivity index (χ4n) is 2.09. The first-order valence-electron chi connectivity index (χ1n) is 6.11. The van der Waals surface area contributed by atoms with Crippen LogP contribution in [0.1, 0.15) is 13.8 Å². The van der Waals surface area contributed by atoms with E-state index in [2.05, 4.69) is 60.1 Å². The first kappa shape index (κ1) is 11.6. The fourth-order valence-corrected chi connectivity index (χ4v) is 2.09. The van der Waals surface area contributed by atoms with E-state index in [1.165, 1.54) is 16.8 Å². The minimum atomic E-state index is 1.03. The maximum absolute atomic E-state index is 4.07. The van der Waals surface area contributed by atoms with Crippen molar-refractivity contribution in [1.82, 2.24) is 4.98 Å². The van der Waals surface area contributed by atoms with Crippen LogP contribution in [0.25, 0.3) is 11.1 Å². The standard InChI is InChI=1S/C15H18N2/c1-3-17(4-2)15-8-6-5-7-14(15)13-9-11-16-12-10-13/h5-12H,3-4H2,1-2H3. The van der Waals surface area contributed by atoms with Gasteiger partial charge >= 0.3 is 0 Å². The van der Waals surface area contributed by atoms with Crippen LogP contribution in [0.15, 0.2) is 48.8 Å². The molecular formula is C15H18N2. The van der Waals surface area contributed by atoms with Gasteiger partial charge in [0.15, 0.2) is 0 Å². The Morgan fingerprint density at radius 1 is 0.941 bits per heavy atom. The summed E-state index contributed by atoms with van der Waals surface area (Å²) in [6.45, 7) is 6.43. The van der Waals surface area contributed by atoms with Crippen LogP contribution in [0.2, 0.25) is 0 Å². The molecule has 0 saturated carbocycles. The van der Waals surface area contributed by atoms with E-state index in [-0.39, 0.29) is 0 Å². The van der Waals surface area contributed by atoms with E-state index in [1.54, 1.807) is 0 Å². The van der Waals surface area contributed by atoms with Crippen LogP contribution in [0.3, 0.4) is 0 Å². The number of benzene rings is 1. The van der Waals surface area contributed by atoms with E-state index in [1.807, 2.05) is 12.4 Å². The highest BCUT2D eigenvalue weighted by Crippen LogP contribution is 2.29. The van der Waals surface area contributed by atoms with Gasteiger partial charge in [-0.25, -0.2) is 0 Å². The van der Waals surface area contributed by atoms with Crippen LogP contribution in [-0.2, 0) is 0 Å². The Morgan fingerprint density at radius 3 is 2.24 bits per heavy atom. The second kappa shape index (κ2) is 5.48. The summed E-state index contributed by atoms with van der Waals surface area (Å²) in [6.07, 6.45) is 3.68. The van der Waals surface area contributed by atoms with Gasteiger partial charge in [0, 0.05) is 36.7 Å². The van der Waals surface area contributed by atoms with Gasteiger partial charge in [-0.15, -0.1) is 0 Å². The van der Waals surface area contributed by atoms with E-state index in [4.69, 9.17) is 0 Å². The molecule has 0 amide bonds. The van der Waals surface area contributed by atoms with Crippen molar-refractivity contribution < 1.29 is 0 Å². The Hall–Kier alpha value is -1.83. The molecule has 0 N–H and O–H groups in total. The number of anilines is 1. The van der Waals surface area contributed by atoms with Crippen LogP contribution in [0.5, 0.6) is 0 Å². The van der Waals surface area contributed by atoms with E-state index >= 15 is 0 Å². The van der Waals surface area contributed by atoms with Gasteiger partial charge in [0.05, 0.1) is 0 Å². The van der Waals surface area contributed by atoms with Crippen molar-refractivity contribution in [2.24, 2.45) is 0 Å². The molecule has 0 spiro atoms. The molecule has 1 aromatic heterocycles. The Labute approximate surface area is 103 Å². The summed E-state index contributed by atoms with van der Waals surface area (Å²) >= 11 is 0. The third-order valence-electron chi connectivity index (χ3n) is 3.00.